The topological polar surface area (TPSA) is 0 Å². The van der Waals surface area contributed by atoms with Gasteiger partial charge in [0, 0.05) is 32.7 Å². The zero-order valence-electron chi connectivity index (χ0n) is 18.4. The van der Waals surface area contributed by atoms with E-state index in [9.17, 15) is 0 Å². The summed E-state index contributed by atoms with van der Waals surface area (Å²) in [6.45, 7) is 18.7. The van der Waals surface area contributed by atoms with Crippen molar-refractivity contribution in [3.05, 3.63) is 77.9 Å². The molecule has 1 heteroatoms. The summed E-state index contributed by atoms with van der Waals surface area (Å²) in [6.07, 6.45) is 3.20. The molecule has 0 heterocycles. The third-order valence-electron chi connectivity index (χ3n) is 3.31. The molecule has 0 saturated carbocycles. The second kappa shape index (κ2) is 23.3. The number of rotatable bonds is 3. The molecule has 0 aliphatic rings. The Hall–Kier alpha value is -0.716. The Balaban J connectivity index is -0.000000159. The maximum absolute atomic E-state index is 3.20. The average molecular weight is 444 g/mol. The molecule has 0 aliphatic heterocycles. The normalized spacial score (nSPS) is 9.22. The van der Waals surface area contributed by atoms with Gasteiger partial charge in [0.2, 0.25) is 0 Å². The fourth-order valence-corrected chi connectivity index (χ4v) is 2.13. The summed E-state index contributed by atoms with van der Waals surface area (Å²) in [5.74, 6) is 1.18. The zero-order chi connectivity index (χ0) is 19.7. The minimum Gasteiger partial charge on any atom is -0.326 e. The summed E-state index contributed by atoms with van der Waals surface area (Å²) in [6, 6.07) is 21.8. The summed E-state index contributed by atoms with van der Waals surface area (Å²) in [5.41, 5.74) is 3.82. The van der Waals surface area contributed by atoms with Crippen LogP contribution in [0.25, 0.3) is 5.57 Å². The molecule has 0 amide bonds. The average Bonchev–Trinajstić information content (AvgIpc) is 2.67. The van der Waals surface area contributed by atoms with Crippen LogP contribution in [-0.2, 0) is 32.7 Å². The van der Waals surface area contributed by atoms with Gasteiger partial charge < -0.3 is 11.6 Å². The predicted octanol–water partition coefficient (Wildman–Crippen LogP) is 8.85. The van der Waals surface area contributed by atoms with Gasteiger partial charge in [0.05, 0.1) is 0 Å². The first-order valence-electron chi connectivity index (χ1n) is 9.62. The molecule has 0 unspecified atom stereocenters. The van der Waals surface area contributed by atoms with Crippen molar-refractivity contribution in [3.8, 4) is 0 Å². The van der Waals surface area contributed by atoms with Crippen molar-refractivity contribution in [1.29, 1.82) is 0 Å². The van der Waals surface area contributed by atoms with Crippen LogP contribution in [0.2, 0.25) is 0 Å². The van der Waals surface area contributed by atoms with Gasteiger partial charge in [0.1, 0.15) is 0 Å². The molecule has 0 fully saturated rings. The molecule has 2 rings (SSSR count). The van der Waals surface area contributed by atoms with Crippen molar-refractivity contribution >= 4 is 5.57 Å². The van der Waals surface area contributed by atoms with Gasteiger partial charge in [-0.25, -0.2) is 12.1 Å². The molecule has 27 heavy (non-hydrogen) atoms. The summed E-state index contributed by atoms with van der Waals surface area (Å²) in [4.78, 5) is 0. The van der Waals surface area contributed by atoms with Crippen molar-refractivity contribution in [2.24, 2.45) is 5.92 Å². The Morgan fingerprint density at radius 2 is 1.30 bits per heavy atom. The van der Waals surface area contributed by atoms with E-state index < -0.39 is 0 Å². The summed E-state index contributed by atoms with van der Waals surface area (Å²) in [5, 5.41) is 0. The third kappa shape index (κ3) is 16.0. The summed E-state index contributed by atoms with van der Waals surface area (Å²) >= 11 is 0. The van der Waals surface area contributed by atoms with E-state index in [0.717, 1.165) is 5.56 Å². The van der Waals surface area contributed by atoms with Crippen molar-refractivity contribution in [2.45, 2.75) is 75.7 Å². The van der Waals surface area contributed by atoms with E-state index in [1.165, 1.54) is 11.1 Å². The number of hydrogen-bond donors (Lipinski definition) is 0. The standard InChI is InChI=1S/C12H14.C9H12.2C2H6.CH4.Y/c1-4-12(10(2)3)11-8-6-5-7-9-11;1-8(2)9-6-4-3-5-7-9;2*1-2;;/h5-8,10H,1-3H3;3-8H,1-2H3;2*1-2H3;1H4;/q-2;;;;;. The van der Waals surface area contributed by atoms with Gasteiger partial charge in [0.15, 0.2) is 0 Å². The maximum Gasteiger partial charge on any atom is 0 e. The molecule has 0 atom stereocenters. The van der Waals surface area contributed by atoms with Crippen molar-refractivity contribution in [2.75, 3.05) is 0 Å². The minimum atomic E-state index is 0. The molecule has 1 radical (unpaired) electrons. The van der Waals surface area contributed by atoms with Crippen LogP contribution in [0.5, 0.6) is 0 Å². The van der Waals surface area contributed by atoms with Crippen LogP contribution in [-0.4, -0.2) is 0 Å². The maximum atomic E-state index is 3.20. The van der Waals surface area contributed by atoms with Crippen LogP contribution < -0.4 is 0 Å². The molecular formula is C26H42Y-2. The Kier molecular flexibility index (Phi) is 29.2. The van der Waals surface area contributed by atoms with Crippen molar-refractivity contribution < 1.29 is 32.7 Å². The van der Waals surface area contributed by atoms with Gasteiger partial charge in [0.25, 0.3) is 0 Å². The third-order valence-corrected chi connectivity index (χ3v) is 3.31. The van der Waals surface area contributed by atoms with Crippen LogP contribution in [0.1, 0.15) is 86.8 Å². The van der Waals surface area contributed by atoms with Gasteiger partial charge >= 0.3 is 0 Å². The number of benzene rings is 2. The fourth-order valence-electron chi connectivity index (χ4n) is 2.13. The van der Waals surface area contributed by atoms with E-state index in [2.05, 4.69) is 70.2 Å². The van der Waals surface area contributed by atoms with Gasteiger partial charge in [-0.15, -0.1) is 13.0 Å². The SMILES string of the molecule is C.CC.CC.CC(C)c1ccccc1.C[C-]=C(c1[c-]cccc1)C(C)C.[Y]. The van der Waals surface area contributed by atoms with Gasteiger partial charge in [-0.1, -0.05) is 99.1 Å². The molecule has 0 N–H and O–H groups in total. The molecule has 0 spiro atoms. The summed E-state index contributed by atoms with van der Waals surface area (Å²) < 4.78 is 0. The van der Waals surface area contributed by atoms with E-state index >= 15 is 0 Å². The minimum absolute atomic E-state index is 0. The quantitative estimate of drug-likeness (QED) is 0.416. The van der Waals surface area contributed by atoms with Gasteiger partial charge in [-0.3, -0.25) is 5.57 Å². The predicted molar refractivity (Wildman–Crippen MR) is 122 cm³/mol. The molecular weight excluding hydrogens is 401 g/mol. The van der Waals surface area contributed by atoms with Crippen LogP contribution in [0.15, 0.2) is 54.6 Å². The Morgan fingerprint density at radius 3 is 1.59 bits per heavy atom. The van der Waals surface area contributed by atoms with E-state index in [-0.39, 0.29) is 40.1 Å². The Labute approximate surface area is 196 Å². The molecule has 0 aromatic heterocycles. The molecule has 0 aliphatic carbocycles. The molecule has 2 aromatic rings. The molecule has 151 valence electrons. The van der Waals surface area contributed by atoms with E-state index in [1.54, 1.807) is 0 Å². The van der Waals surface area contributed by atoms with Crippen molar-refractivity contribution in [1.82, 2.24) is 0 Å². The van der Waals surface area contributed by atoms with Gasteiger partial charge in [-0.05, 0) is 11.5 Å². The van der Waals surface area contributed by atoms with E-state index in [0.29, 0.717) is 11.8 Å². The molecule has 0 nitrogen and oxygen atoms in total. The van der Waals surface area contributed by atoms with Gasteiger partial charge in [-0.2, -0.15) is 12.1 Å². The van der Waals surface area contributed by atoms with E-state index in [4.69, 9.17) is 0 Å². The summed E-state index contributed by atoms with van der Waals surface area (Å²) in [7, 11) is 0. The first-order valence-corrected chi connectivity index (χ1v) is 9.62. The molecule has 2 aromatic carbocycles. The largest absolute Gasteiger partial charge is 0.326 e. The fraction of sp³-hybridized carbons (Fsp3) is 0.462. The monoisotopic (exact) mass is 443 g/mol. The van der Waals surface area contributed by atoms with E-state index in [1.807, 2.05) is 58.9 Å². The Morgan fingerprint density at radius 1 is 0.815 bits per heavy atom. The number of allylic oxidation sites excluding steroid dienone is 2. The second-order valence-corrected chi connectivity index (χ2v) is 5.66. The van der Waals surface area contributed by atoms with Crippen LogP contribution in [0.3, 0.4) is 0 Å². The second-order valence-electron chi connectivity index (χ2n) is 5.66. The first kappa shape index (κ1) is 33.8. The van der Waals surface area contributed by atoms with Crippen LogP contribution in [0.4, 0.5) is 0 Å². The molecule has 0 bridgehead atoms. The Bertz CT molecular complexity index is 525. The molecule has 0 saturated heterocycles. The van der Waals surface area contributed by atoms with Crippen LogP contribution in [0, 0.1) is 18.1 Å². The number of hydrogen-bond acceptors (Lipinski definition) is 0. The smallest absolute Gasteiger partial charge is 0 e. The first-order chi connectivity index (χ1) is 12.1. The zero-order valence-corrected chi connectivity index (χ0v) is 21.3. The van der Waals surface area contributed by atoms with Crippen molar-refractivity contribution in [3.63, 3.8) is 0 Å². The van der Waals surface area contributed by atoms with Crippen LogP contribution >= 0.6 is 0 Å².